The molecule has 2 heterocycles. The molecule has 1 amide bonds. The van der Waals surface area contributed by atoms with Crippen molar-refractivity contribution in [2.45, 2.75) is 26.3 Å². The van der Waals surface area contributed by atoms with Gasteiger partial charge < -0.3 is 0 Å². The zero-order chi connectivity index (χ0) is 19.2. The third-order valence-corrected chi connectivity index (χ3v) is 4.36. The number of hydrogen-bond acceptors (Lipinski definition) is 4. The number of nitrogens with zero attached hydrogens (tertiary/aromatic N) is 4. The molecule has 0 aliphatic rings. The fraction of sp³-hybridized carbons (Fsp3) is 0.200. The number of carbonyl (C=O) groups is 1. The van der Waals surface area contributed by atoms with Crippen LogP contribution in [0.1, 0.15) is 31.1 Å². The van der Waals surface area contributed by atoms with Crippen molar-refractivity contribution < 1.29 is 4.79 Å². The van der Waals surface area contributed by atoms with Crippen LogP contribution < -0.4 is 11.0 Å². The van der Waals surface area contributed by atoms with E-state index >= 15 is 0 Å². The molecule has 4 aromatic rings. The van der Waals surface area contributed by atoms with Gasteiger partial charge in [0.2, 0.25) is 0 Å². The van der Waals surface area contributed by atoms with Crippen LogP contribution in [0.2, 0.25) is 0 Å². The fourth-order valence-corrected chi connectivity index (χ4v) is 2.99. The summed E-state index contributed by atoms with van der Waals surface area (Å²) in [5, 5.41) is 6.62. The Labute approximate surface area is 155 Å². The molecule has 0 fully saturated rings. The van der Waals surface area contributed by atoms with Crippen LogP contribution in [-0.4, -0.2) is 25.3 Å². The van der Waals surface area contributed by atoms with Gasteiger partial charge in [-0.25, -0.2) is 14.3 Å². The standard InChI is InChI=1S/C20H19N5O2/c1-20(2,3)25-17-16(11-22-25)19(27)24(12-21-17)23-18(26)15-9-8-13-6-4-5-7-14(13)10-15/h4-12H,1-3H3,(H,23,26). The quantitative estimate of drug-likeness (QED) is 0.595. The molecule has 0 saturated carbocycles. The van der Waals surface area contributed by atoms with Crippen LogP contribution >= 0.6 is 0 Å². The summed E-state index contributed by atoms with van der Waals surface area (Å²) in [6.45, 7) is 5.94. The van der Waals surface area contributed by atoms with E-state index in [2.05, 4.69) is 15.5 Å². The number of benzene rings is 2. The molecule has 7 nitrogen and oxygen atoms in total. The predicted molar refractivity (Wildman–Crippen MR) is 104 cm³/mol. The second-order valence-electron chi connectivity index (χ2n) is 7.39. The molecule has 7 heteroatoms. The minimum atomic E-state index is -0.382. The first-order valence-corrected chi connectivity index (χ1v) is 8.60. The molecule has 0 aliphatic carbocycles. The summed E-state index contributed by atoms with van der Waals surface area (Å²) in [6, 6.07) is 13.2. The molecule has 0 unspecified atom stereocenters. The monoisotopic (exact) mass is 361 g/mol. The van der Waals surface area contributed by atoms with Crippen molar-refractivity contribution in [1.82, 2.24) is 19.4 Å². The lowest BCUT2D eigenvalue weighted by Gasteiger charge is -2.19. The number of fused-ring (bicyclic) bond motifs is 2. The van der Waals surface area contributed by atoms with Gasteiger partial charge in [-0.3, -0.25) is 15.0 Å². The molecule has 0 radical (unpaired) electrons. The first kappa shape index (κ1) is 17.0. The van der Waals surface area contributed by atoms with E-state index < -0.39 is 0 Å². The second kappa shape index (κ2) is 6.05. The molecule has 0 spiro atoms. The highest BCUT2D eigenvalue weighted by Gasteiger charge is 2.20. The van der Waals surface area contributed by atoms with Crippen molar-refractivity contribution in [2.24, 2.45) is 0 Å². The molecule has 1 N–H and O–H groups in total. The number of carbonyl (C=O) groups excluding carboxylic acids is 1. The van der Waals surface area contributed by atoms with Crippen molar-refractivity contribution in [3.63, 3.8) is 0 Å². The first-order valence-electron chi connectivity index (χ1n) is 8.60. The molecule has 0 atom stereocenters. The molecule has 2 aromatic heterocycles. The molecular formula is C20H19N5O2. The van der Waals surface area contributed by atoms with Crippen LogP contribution in [0.3, 0.4) is 0 Å². The molecule has 2 aromatic carbocycles. The predicted octanol–water partition coefficient (Wildman–Crippen LogP) is 2.89. The Bertz CT molecular complexity index is 1230. The van der Waals surface area contributed by atoms with Gasteiger partial charge in [0.15, 0.2) is 5.65 Å². The SMILES string of the molecule is CC(C)(C)n1ncc2c(=O)n(NC(=O)c3ccc4ccccc4c3)cnc21. The van der Waals surface area contributed by atoms with Crippen LogP contribution in [0.25, 0.3) is 21.8 Å². The van der Waals surface area contributed by atoms with Crippen molar-refractivity contribution in [3.05, 3.63) is 70.9 Å². The molecule has 27 heavy (non-hydrogen) atoms. The molecule has 0 aliphatic heterocycles. The Morgan fingerprint density at radius 2 is 1.81 bits per heavy atom. The summed E-state index contributed by atoms with van der Waals surface area (Å²) in [5.41, 5.74) is 2.88. The van der Waals surface area contributed by atoms with Crippen LogP contribution in [0.5, 0.6) is 0 Å². The lowest BCUT2D eigenvalue weighted by molar-refractivity contribution is 0.101. The Balaban J connectivity index is 1.69. The van der Waals surface area contributed by atoms with Crippen LogP contribution in [0.15, 0.2) is 59.8 Å². The van der Waals surface area contributed by atoms with Gasteiger partial charge in [0.05, 0.1) is 11.7 Å². The van der Waals surface area contributed by atoms with E-state index in [1.54, 1.807) is 16.8 Å². The maximum atomic E-state index is 12.7. The Morgan fingerprint density at radius 1 is 1.07 bits per heavy atom. The normalized spacial score (nSPS) is 11.8. The average Bonchev–Trinajstić information content (AvgIpc) is 3.09. The second-order valence-corrected chi connectivity index (χ2v) is 7.39. The summed E-state index contributed by atoms with van der Waals surface area (Å²) in [7, 11) is 0. The van der Waals surface area contributed by atoms with Crippen LogP contribution in [-0.2, 0) is 5.54 Å². The van der Waals surface area contributed by atoms with Crippen molar-refractivity contribution in [2.75, 3.05) is 5.43 Å². The van der Waals surface area contributed by atoms with E-state index in [-0.39, 0.29) is 17.0 Å². The van der Waals surface area contributed by atoms with Gasteiger partial charge >= 0.3 is 0 Å². The summed E-state index contributed by atoms with van der Waals surface area (Å²) in [5.74, 6) is -0.382. The zero-order valence-corrected chi connectivity index (χ0v) is 15.3. The maximum absolute atomic E-state index is 12.7. The van der Waals surface area contributed by atoms with Crippen LogP contribution in [0, 0.1) is 0 Å². The molecular weight excluding hydrogens is 342 g/mol. The molecule has 136 valence electrons. The van der Waals surface area contributed by atoms with Gasteiger partial charge in [-0.05, 0) is 43.7 Å². The van der Waals surface area contributed by atoms with Gasteiger partial charge in [0.1, 0.15) is 11.7 Å². The maximum Gasteiger partial charge on any atom is 0.283 e. The Morgan fingerprint density at radius 3 is 2.56 bits per heavy atom. The lowest BCUT2D eigenvalue weighted by Crippen LogP contribution is -2.33. The highest BCUT2D eigenvalue weighted by molar-refractivity contribution is 6.03. The lowest BCUT2D eigenvalue weighted by atomic mass is 10.1. The van der Waals surface area contributed by atoms with E-state index in [1.165, 1.54) is 12.5 Å². The average molecular weight is 361 g/mol. The minimum Gasteiger partial charge on any atom is -0.267 e. The third-order valence-electron chi connectivity index (χ3n) is 4.36. The van der Waals surface area contributed by atoms with E-state index in [4.69, 9.17) is 0 Å². The highest BCUT2D eigenvalue weighted by Crippen LogP contribution is 2.18. The van der Waals surface area contributed by atoms with E-state index in [9.17, 15) is 9.59 Å². The summed E-state index contributed by atoms with van der Waals surface area (Å²) < 4.78 is 2.79. The van der Waals surface area contributed by atoms with Crippen LogP contribution in [0.4, 0.5) is 0 Å². The number of rotatable bonds is 2. The first-order chi connectivity index (χ1) is 12.8. The largest absolute Gasteiger partial charge is 0.283 e. The van der Waals surface area contributed by atoms with Gasteiger partial charge in [-0.1, -0.05) is 30.3 Å². The van der Waals surface area contributed by atoms with E-state index in [1.807, 2.05) is 51.1 Å². The Hall–Kier alpha value is -3.48. The van der Waals surface area contributed by atoms with Crippen molar-refractivity contribution in [1.29, 1.82) is 0 Å². The Kier molecular flexibility index (Phi) is 3.80. The summed E-state index contributed by atoms with van der Waals surface area (Å²) in [6.07, 6.45) is 2.79. The number of hydrogen-bond donors (Lipinski definition) is 1. The number of amides is 1. The highest BCUT2D eigenvalue weighted by atomic mass is 16.2. The van der Waals surface area contributed by atoms with Gasteiger partial charge in [0, 0.05) is 5.56 Å². The minimum absolute atomic E-state index is 0.304. The van der Waals surface area contributed by atoms with Gasteiger partial charge in [-0.2, -0.15) is 5.10 Å². The number of aromatic nitrogens is 4. The summed E-state index contributed by atoms with van der Waals surface area (Å²) >= 11 is 0. The summed E-state index contributed by atoms with van der Waals surface area (Å²) in [4.78, 5) is 29.6. The molecule has 0 bridgehead atoms. The molecule has 0 saturated heterocycles. The zero-order valence-electron chi connectivity index (χ0n) is 15.3. The van der Waals surface area contributed by atoms with Gasteiger partial charge in [-0.15, -0.1) is 0 Å². The molecule has 4 rings (SSSR count). The third kappa shape index (κ3) is 2.97. The number of nitrogens with one attached hydrogen (secondary N) is 1. The van der Waals surface area contributed by atoms with E-state index in [0.717, 1.165) is 15.4 Å². The van der Waals surface area contributed by atoms with Crippen molar-refractivity contribution >= 4 is 27.7 Å². The van der Waals surface area contributed by atoms with Crippen molar-refractivity contribution in [3.8, 4) is 0 Å². The smallest absolute Gasteiger partial charge is 0.267 e. The topological polar surface area (TPSA) is 81.8 Å². The van der Waals surface area contributed by atoms with E-state index in [0.29, 0.717) is 16.6 Å². The fourth-order valence-electron chi connectivity index (χ4n) is 2.99. The van der Waals surface area contributed by atoms with Gasteiger partial charge in [0.25, 0.3) is 11.5 Å².